The zero-order valence-electron chi connectivity index (χ0n) is 29.7. The molecule has 0 N–H and O–H groups in total. The maximum Gasteiger partial charge on any atom is 0.306 e. The molecule has 7 heteroatoms. The lowest BCUT2D eigenvalue weighted by Gasteiger charge is -2.36. The Morgan fingerprint density at radius 1 is 0.659 bits per heavy atom. The van der Waals surface area contributed by atoms with Crippen LogP contribution in [0, 0.1) is 10.8 Å². The standard InChI is InChI=1S/C37H67NO6/c1-9-11-13-21-27-42-33(39)25-19-15-17-23-32(24-18-16-20-26-34(40)43-28-22-14-12-10-2)44-35(41)29-36(3,4)30-37(5,6)31-38(7)8/h13-14,21-22,32H,9-12,15-20,23-31H2,1-8H3/b21-13-,22-14-. The third-order valence-electron chi connectivity index (χ3n) is 7.36. The molecule has 0 aliphatic rings. The molecule has 256 valence electrons. The second-order valence-electron chi connectivity index (χ2n) is 14.1. The minimum atomic E-state index is -0.167. The van der Waals surface area contributed by atoms with Crippen molar-refractivity contribution in [3.8, 4) is 0 Å². The molecule has 0 fully saturated rings. The normalized spacial score (nSPS) is 12.5. The Morgan fingerprint density at radius 3 is 1.57 bits per heavy atom. The molecule has 7 nitrogen and oxygen atoms in total. The van der Waals surface area contributed by atoms with Crippen molar-refractivity contribution >= 4 is 17.9 Å². The van der Waals surface area contributed by atoms with Crippen LogP contribution in [0.1, 0.15) is 144 Å². The molecule has 0 spiro atoms. The zero-order valence-corrected chi connectivity index (χ0v) is 29.7. The number of esters is 3. The second kappa shape index (κ2) is 25.1. The number of unbranched alkanes of at least 4 members (excludes halogenated alkanes) is 6. The summed E-state index contributed by atoms with van der Waals surface area (Å²) in [5.41, 5.74) is -0.0775. The molecule has 0 aliphatic heterocycles. The summed E-state index contributed by atoms with van der Waals surface area (Å²) in [6, 6.07) is 0. The highest BCUT2D eigenvalue weighted by atomic mass is 16.5. The molecule has 0 saturated heterocycles. The summed E-state index contributed by atoms with van der Waals surface area (Å²) in [5, 5.41) is 0. The van der Waals surface area contributed by atoms with Crippen LogP contribution in [0.4, 0.5) is 0 Å². The van der Waals surface area contributed by atoms with E-state index in [0.29, 0.717) is 32.5 Å². The molecule has 0 aliphatic carbocycles. The van der Waals surface area contributed by atoms with E-state index in [4.69, 9.17) is 14.2 Å². The van der Waals surface area contributed by atoms with Crippen molar-refractivity contribution in [2.45, 2.75) is 150 Å². The van der Waals surface area contributed by atoms with E-state index in [1.165, 1.54) is 0 Å². The number of allylic oxidation sites excluding steroid dienone is 2. The van der Waals surface area contributed by atoms with E-state index in [0.717, 1.165) is 90.0 Å². The van der Waals surface area contributed by atoms with Crippen LogP contribution in [-0.2, 0) is 28.6 Å². The molecule has 0 radical (unpaired) electrons. The minimum absolute atomic E-state index is 0.0898. The summed E-state index contributed by atoms with van der Waals surface area (Å²) in [7, 11) is 4.16. The highest BCUT2D eigenvalue weighted by molar-refractivity contribution is 5.70. The molecule has 44 heavy (non-hydrogen) atoms. The molecular weight excluding hydrogens is 554 g/mol. The first kappa shape index (κ1) is 41.9. The topological polar surface area (TPSA) is 82.1 Å². The molecule has 0 atom stereocenters. The van der Waals surface area contributed by atoms with Gasteiger partial charge in [-0.1, -0.05) is 91.5 Å². The molecular formula is C37H67NO6. The average molecular weight is 622 g/mol. The van der Waals surface area contributed by atoms with Gasteiger partial charge in [0.1, 0.15) is 19.3 Å². The predicted octanol–water partition coefficient (Wildman–Crippen LogP) is 8.99. The summed E-state index contributed by atoms with van der Waals surface area (Å²) < 4.78 is 16.6. The van der Waals surface area contributed by atoms with Gasteiger partial charge in [0.05, 0.1) is 6.42 Å². The van der Waals surface area contributed by atoms with Crippen LogP contribution in [0.15, 0.2) is 24.3 Å². The number of rotatable bonds is 27. The van der Waals surface area contributed by atoms with Crippen molar-refractivity contribution in [1.29, 1.82) is 0 Å². The number of carbonyl (C=O) groups is 3. The van der Waals surface area contributed by atoms with Crippen molar-refractivity contribution < 1.29 is 28.6 Å². The van der Waals surface area contributed by atoms with Gasteiger partial charge in [-0.2, -0.15) is 0 Å². The smallest absolute Gasteiger partial charge is 0.306 e. The molecule has 0 rings (SSSR count). The third kappa shape index (κ3) is 26.3. The predicted molar refractivity (Wildman–Crippen MR) is 181 cm³/mol. The van der Waals surface area contributed by atoms with Gasteiger partial charge in [-0.3, -0.25) is 14.4 Å². The summed E-state index contributed by atoms with van der Waals surface area (Å²) in [4.78, 5) is 39.3. The van der Waals surface area contributed by atoms with Gasteiger partial charge in [0, 0.05) is 19.4 Å². The molecule has 0 aromatic heterocycles. The Bertz CT molecular complexity index is 788. The van der Waals surface area contributed by atoms with Crippen LogP contribution in [0.2, 0.25) is 0 Å². The van der Waals surface area contributed by atoms with Gasteiger partial charge in [-0.05, 0) is 82.7 Å². The van der Waals surface area contributed by atoms with E-state index in [2.05, 4.69) is 60.5 Å². The Labute approximate surface area is 270 Å². The monoisotopic (exact) mass is 621 g/mol. The fourth-order valence-corrected chi connectivity index (χ4v) is 5.92. The summed E-state index contributed by atoms with van der Waals surface area (Å²) >= 11 is 0. The fourth-order valence-electron chi connectivity index (χ4n) is 5.92. The average Bonchev–Trinajstić information content (AvgIpc) is 2.90. The zero-order chi connectivity index (χ0) is 33.3. The van der Waals surface area contributed by atoms with Crippen molar-refractivity contribution in [3.63, 3.8) is 0 Å². The SMILES string of the molecule is CCC/C=C\COC(=O)CCCCCC(CCCCCC(=O)OC/C=C\CCC)OC(=O)CC(C)(C)CC(C)(C)CN(C)C. The van der Waals surface area contributed by atoms with Gasteiger partial charge in [0.2, 0.25) is 0 Å². The van der Waals surface area contributed by atoms with Gasteiger partial charge in [0.25, 0.3) is 0 Å². The Morgan fingerprint density at radius 2 is 1.14 bits per heavy atom. The van der Waals surface area contributed by atoms with Crippen molar-refractivity contribution in [3.05, 3.63) is 24.3 Å². The van der Waals surface area contributed by atoms with Crippen LogP contribution >= 0.6 is 0 Å². The van der Waals surface area contributed by atoms with Crippen LogP contribution in [0.25, 0.3) is 0 Å². The molecule has 0 unspecified atom stereocenters. The first-order valence-electron chi connectivity index (χ1n) is 17.3. The van der Waals surface area contributed by atoms with Gasteiger partial charge < -0.3 is 19.1 Å². The Kier molecular flexibility index (Phi) is 23.9. The van der Waals surface area contributed by atoms with Gasteiger partial charge in [0.15, 0.2) is 0 Å². The third-order valence-corrected chi connectivity index (χ3v) is 7.36. The molecule has 0 amide bonds. The van der Waals surface area contributed by atoms with Crippen LogP contribution in [0.5, 0.6) is 0 Å². The highest BCUT2D eigenvalue weighted by Gasteiger charge is 2.32. The quantitative estimate of drug-likeness (QED) is 0.0392. The van der Waals surface area contributed by atoms with E-state index in [1.807, 2.05) is 24.3 Å². The summed E-state index contributed by atoms with van der Waals surface area (Å²) in [6.07, 6.45) is 20.7. The van der Waals surface area contributed by atoms with Crippen LogP contribution in [-0.4, -0.2) is 62.8 Å². The number of hydrogen-bond donors (Lipinski definition) is 0. The fraction of sp³-hybridized carbons (Fsp3) is 0.811. The van der Waals surface area contributed by atoms with Gasteiger partial charge >= 0.3 is 17.9 Å². The lowest BCUT2D eigenvalue weighted by Crippen LogP contribution is -2.34. The maximum atomic E-state index is 13.1. The molecule has 0 heterocycles. The second-order valence-corrected chi connectivity index (χ2v) is 14.1. The van der Waals surface area contributed by atoms with Crippen molar-refractivity contribution in [2.75, 3.05) is 33.9 Å². The van der Waals surface area contributed by atoms with E-state index in [9.17, 15) is 14.4 Å². The van der Waals surface area contributed by atoms with Crippen LogP contribution < -0.4 is 0 Å². The van der Waals surface area contributed by atoms with Crippen LogP contribution in [0.3, 0.4) is 0 Å². The molecule has 0 aromatic carbocycles. The highest BCUT2D eigenvalue weighted by Crippen LogP contribution is 2.37. The summed E-state index contributed by atoms with van der Waals surface area (Å²) in [6.45, 7) is 14.7. The van der Waals surface area contributed by atoms with Crippen molar-refractivity contribution in [2.24, 2.45) is 10.8 Å². The number of ether oxygens (including phenoxy) is 3. The number of nitrogens with zero attached hydrogens (tertiary/aromatic N) is 1. The molecule has 0 saturated carbocycles. The number of hydrogen-bond acceptors (Lipinski definition) is 7. The van der Waals surface area contributed by atoms with Gasteiger partial charge in [-0.25, -0.2) is 0 Å². The summed E-state index contributed by atoms with van der Waals surface area (Å²) in [5.74, 6) is -0.465. The largest absolute Gasteiger partial charge is 0.462 e. The molecule has 0 aromatic rings. The number of carbonyl (C=O) groups excluding carboxylic acids is 3. The Balaban J connectivity index is 4.76. The maximum absolute atomic E-state index is 13.1. The first-order valence-corrected chi connectivity index (χ1v) is 17.3. The van der Waals surface area contributed by atoms with E-state index in [1.54, 1.807) is 0 Å². The van der Waals surface area contributed by atoms with Crippen molar-refractivity contribution in [1.82, 2.24) is 4.90 Å². The van der Waals surface area contributed by atoms with Gasteiger partial charge in [-0.15, -0.1) is 0 Å². The van der Waals surface area contributed by atoms with E-state index < -0.39 is 0 Å². The van der Waals surface area contributed by atoms with E-state index in [-0.39, 0.29) is 34.8 Å². The minimum Gasteiger partial charge on any atom is -0.462 e. The lowest BCUT2D eigenvalue weighted by molar-refractivity contribution is -0.152. The molecule has 0 bridgehead atoms. The van der Waals surface area contributed by atoms with E-state index >= 15 is 0 Å². The Hall–Kier alpha value is -2.15. The first-order chi connectivity index (χ1) is 20.8. The lowest BCUT2D eigenvalue weighted by atomic mass is 9.73.